The normalized spacial score (nSPS) is 25.0. The van der Waals surface area contributed by atoms with Gasteiger partial charge in [-0.2, -0.15) is 0 Å². The largest absolute Gasteiger partial charge is 0.508 e. The van der Waals surface area contributed by atoms with Gasteiger partial charge >= 0.3 is 0 Å². The van der Waals surface area contributed by atoms with Gasteiger partial charge in [-0.05, 0) is 35.1 Å². The minimum Gasteiger partial charge on any atom is -0.508 e. The van der Waals surface area contributed by atoms with Gasteiger partial charge < -0.3 is 10.2 Å². The molecule has 2 nitrogen and oxygen atoms in total. The van der Waals surface area contributed by atoms with Crippen molar-refractivity contribution in [2.45, 2.75) is 45.6 Å². The highest BCUT2D eigenvalue weighted by atomic mass is 16.3. The molecule has 0 heterocycles. The Bertz CT molecular complexity index is 743. The Morgan fingerprint density at radius 3 is 2.05 bits per heavy atom. The van der Waals surface area contributed by atoms with Crippen LogP contribution < -0.4 is 0 Å². The fraction of sp³-hybridized carbons (Fsp3) is 0.400. The lowest BCUT2D eigenvalue weighted by atomic mass is 9.61. The van der Waals surface area contributed by atoms with Crippen LogP contribution in [0.1, 0.15) is 49.9 Å². The number of aromatic hydroxyl groups is 1. The Kier molecular flexibility index (Phi) is 2.99. The SMILES string of the molecule is Cc1cccc2c1C(C)(C)C(C)(C)C2(O)c1ccccc1O. The molecule has 0 spiro atoms. The van der Waals surface area contributed by atoms with Crippen LogP contribution in [0.4, 0.5) is 0 Å². The van der Waals surface area contributed by atoms with E-state index in [-0.39, 0.29) is 11.2 Å². The van der Waals surface area contributed by atoms with Crippen molar-refractivity contribution in [3.8, 4) is 5.75 Å². The standard InChI is InChI=1S/C20H24O2/c1-13-9-8-11-15-17(13)18(2,3)19(4,5)20(15,22)14-10-6-7-12-16(14)21/h6-12,21-22H,1-5H3. The topological polar surface area (TPSA) is 40.5 Å². The van der Waals surface area contributed by atoms with Crippen molar-refractivity contribution in [1.82, 2.24) is 0 Å². The molecule has 0 radical (unpaired) electrons. The molecule has 3 rings (SSSR count). The average molecular weight is 296 g/mol. The lowest BCUT2D eigenvalue weighted by Gasteiger charge is -2.45. The van der Waals surface area contributed by atoms with Gasteiger partial charge in [0, 0.05) is 11.0 Å². The number of phenolic OH excluding ortho intramolecular Hbond substituents is 1. The van der Waals surface area contributed by atoms with E-state index in [0.29, 0.717) is 5.56 Å². The maximum atomic E-state index is 11.8. The molecule has 1 atom stereocenters. The van der Waals surface area contributed by atoms with Crippen LogP contribution in [0, 0.1) is 12.3 Å². The molecule has 1 aliphatic rings. The summed E-state index contributed by atoms with van der Waals surface area (Å²) in [5, 5.41) is 22.2. The zero-order chi connectivity index (χ0) is 16.3. The summed E-state index contributed by atoms with van der Waals surface area (Å²) >= 11 is 0. The first-order chi connectivity index (χ1) is 10.2. The number of hydrogen-bond donors (Lipinski definition) is 2. The Morgan fingerprint density at radius 1 is 0.818 bits per heavy atom. The van der Waals surface area contributed by atoms with Crippen LogP contribution in [-0.2, 0) is 11.0 Å². The Morgan fingerprint density at radius 2 is 1.41 bits per heavy atom. The third-order valence-corrected chi connectivity index (χ3v) is 6.05. The molecule has 0 saturated heterocycles. The van der Waals surface area contributed by atoms with Crippen LogP contribution in [0.2, 0.25) is 0 Å². The van der Waals surface area contributed by atoms with E-state index in [1.807, 2.05) is 24.3 Å². The lowest BCUT2D eigenvalue weighted by molar-refractivity contribution is -0.0555. The predicted molar refractivity (Wildman–Crippen MR) is 89.1 cm³/mol. The van der Waals surface area contributed by atoms with Gasteiger partial charge in [-0.15, -0.1) is 0 Å². The Labute approximate surface area is 132 Å². The molecule has 1 aliphatic carbocycles. The molecule has 116 valence electrons. The fourth-order valence-electron chi connectivity index (χ4n) is 4.16. The number of phenols is 1. The third-order valence-electron chi connectivity index (χ3n) is 6.05. The second-order valence-corrected chi connectivity index (χ2v) is 7.48. The molecule has 2 aromatic rings. The van der Waals surface area contributed by atoms with E-state index in [2.05, 4.69) is 40.7 Å². The number of aliphatic hydroxyl groups is 1. The highest BCUT2D eigenvalue weighted by Crippen LogP contribution is 2.64. The van der Waals surface area contributed by atoms with Gasteiger partial charge in [-0.25, -0.2) is 0 Å². The summed E-state index contributed by atoms with van der Waals surface area (Å²) in [7, 11) is 0. The quantitative estimate of drug-likeness (QED) is 0.825. The molecule has 1 unspecified atom stereocenters. The van der Waals surface area contributed by atoms with Gasteiger partial charge in [-0.1, -0.05) is 64.1 Å². The van der Waals surface area contributed by atoms with E-state index in [1.54, 1.807) is 12.1 Å². The molecule has 0 aromatic heterocycles. The van der Waals surface area contributed by atoms with Gasteiger partial charge in [0.15, 0.2) is 0 Å². The second-order valence-electron chi connectivity index (χ2n) is 7.48. The van der Waals surface area contributed by atoms with Crippen molar-refractivity contribution in [2.24, 2.45) is 5.41 Å². The summed E-state index contributed by atoms with van der Waals surface area (Å²) in [5.74, 6) is 0.142. The van der Waals surface area contributed by atoms with Crippen LogP contribution in [0.25, 0.3) is 0 Å². The van der Waals surface area contributed by atoms with Crippen LogP contribution in [0.3, 0.4) is 0 Å². The van der Waals surface area contributed by atoms with E-state index in [9.17, 15) is 10.2 Å². The van der Waals surface area contributed by atoms with Gasteiger partial charge in [0.1, 0.15) is 11.4 Å². The highest BCUT2D eigenvalue weighted by molar-refractivity contribution is 5.58. The summed E-state index contributed by atoms with van der Waals surface area (Å²) in [6.07, 6.45) is 0. The van der Waals surface area contributed by atoms with Gasteiger partial charge in [0.05, 0.1) is 0 Å². The third kappa shape index (κ3) is 1.54. The molecule has 0 saturated carbocycles. The predicted octanol–water partition coefficient (Wildman–Crippen LogP) is 4.25. The van der Waals surface area contributed by atoms with E-state index >= 15 is 0 Å². The molecule has 2 N–H and O–H groups in total. The molecule has 22 heavy (non-hydrogen) atoms. The molecular weight excluding hydrogens is 272 g/mol. The first-order valence-corrected chi connectivity index (χ1v) is 7.77. The summed E-state index contributed by atoms with van der Waals surface area (Å²) in [6, 6.07) is 13.2. The minimum absolute atomic E-state index is 0.142. The molecular formula is C20H24O2. The van der Waals surface area contributed by atoms with Crippen molar-refractivity contribution in [3.63, 3.8) is 0 Å². The van der Waals surface area contributed by atoms with Crippen LogP contribution in [-0.4, -0.2) is 10.2 Å². The summed E-state index contributed by atoms with van der Waals surface area (Å²) in [5.41, 5.74) is 1.95. The zero-order valence-electron chi connectivity index (χ0n) is 13.9. The van der Waals surface area contributed by atoms with Crippen molar-refractivity contribution in [2.75, 3.05) is 0 Å². The number of rotatable bonds is 1. The first kappa shape index (κ1) is 15.1. The van der Waals surface area contributed by atoms with Crippen molar-refractivity contribution >= 4 is 0 Å². The number of para-hydroxylation sites is 1. The maximum absolute atomic E-state index is 11.8. The highest BCUT2D eigenvalue weighted by Gasteiger charge is 2.62. The zero-order valence-corrected chi connectivity index (χ0v) is 13.9. The molecule has 0 fully saturated rings. The van der Waals surface area contributed by atoms with Crippen molar-refractivity contribution in [3.05, 3.63) is 64.7 Å². The van der Waals surface area contributed by atoms with Crippen LogP contribution in [0.5, 0.6) is 5.75 Å². The van der Waals surface area contributed by atoms with E-state index in [1.165, 1.54) is 11.1 Å². The van der Waals surface area contributed by atoms with Crippen LogP contribution >= 0.6 is 0 Å². The maximum Gasteiger partial charge on any atom is 0.124 e. The fourth-order valence-corrected chi connectivity index (χ4v) is 4.16. The average Bonchev–Trinajstić information content (AvgIpc) is 2.57. The molecule has 0 aliphatic heterocycles. The Balaban J connectivity index is 2.43. The molecule has 2 heteroatoms. The molecule has 0 amide bonds. The number of fused-ring (bicyclic) bond motifs is 1. The summed E-state index contributed by atoms with van der Waals surface area (Å²) in [4.78, 5) is 0. The smallest absolute Gasteiger partial charge is 0.124 e. The minimum atomic E-state index is -1.22. The van der Waals surface area contributed by atoms with Gasteiger partial charge in [0.2, 0.25) is 0 Å². The van der Waals surface area contributed by atoms with Gasteiger partial charge in [0.25, 0.3) is 0 Å². The van der Waals surface area contributed by atoms with Crippen LogP contribution in [0.15, 0.2) is 42.5 Å². The van der Waals surface area contributed by atoms with Crippen molar-refractivity contribution < 1.29 is 10.2 Å². The first-order valence-electron chi connectivity index (χ1n) is 7.77. The number of hydrogen-bond acceptors (Lipinski definition) is 2. The molecule has 2 aromatic carbocycles. The van der Waals surface area contributed by atoms with E-state index in [0.717, 1.165) is 5.56 Å². The van der Waals surface area contributed by atoms with Crippen molar-refractivity contribution in [1.29, 1.82) is 0 Å². The molecule has 0 bridgehead atoms. The van der Waals surface area contributed by atoms with E-state index < -0.39 is 11.0 Å². The summed E-state index contributed by atoms with van der Waals surface area (Å²) in [6.45, 7) is 10.6. The monoisotopic (exact) mass is 296 g/mol. The second kappa shape index (κ2) is 4.36. The number of aryl methyl sites for hydroxylation is 1. The lowest BCUT2D eigenvalue weighted by Crippen LogP contribution is -2.46. The Hall–Kier alpha value is -1.80. The van der Waals surface area contributed by atoms with E-state index in [4.69, 9.17) is 0 Å². The summed E-state index contributed by atoms with van der Waals surface area (Å²) < 4.78 is 0. The number of benzene rings is 2. The van der Waals surface area contributed by atoms with Gasteiger partial charge in [-0.3, -0.25) is 0 Å².